The number of fused-ring (bicyclic) bond motifs is 1. The van der Waals surface area contributed by atoms with E-state index in [9.17, 15) is 12.8 Å². The van der Waals surface area contributed by atoms with Crippen LogP contribution in [-0.4, -0.2) is 38.3 Å². The standard InChI is InChI=1S/C15H19FN4O2S/c1-3-19-11-13(10-17-19)23(21,22)20-8-4-7-18(2)15-9-12(16)5-6-14(15)20/h5-6,9-11H,3-4,7-8H2,1-2H3. The third-order valence-electron chi connectivity index (χ3n) is 3.99. The van der Waals surface area contributed by atoms with Crippen LogP contribution in [0.5, 0.6) is 0 Å². The summed E-state index contributed by atoms with van der Waals surface area (Å²) in [5, 5.41) is 4.04. The fraction of sp³-hybridized carbons (Fsp3) is 0.400. The molecule has 0 aliphatic carbocycles. The molecular formula is C15H19FN4O2S. The Balaban J connectivity index is 2.10. The van der Waals surface area contributed by atoms with Crippen molar-refractivity contribution in [2.75, 3.05) is 29.3 Å². The van der Waals surface area contributed by atoms with Crippen molar-refractivity contribution < 1.29 is 12.8 Å². The van der Waals surface area contributed by atoms with E-state index in [2.05, 4.69) is 5.10 Å². The van der Waals surface area contributed by atoms with Crippen LogP contribution in [0.3, 0.4) is 0 Å². The van der Waals surface area contributed by atoms with Crippen LogP contribution in [0.1, 0.15) is 13.3 Å². The molecule has 0 atom stereocenters. The van der Waals surface area contributed by atoms with E-state index in [-0.39, 0.29) is 10.7 Å². The molecule has 23 heavy (non-hydrogen) atoms. The van der Waals surface area contributed by atoms with E-state index >= 15 is 0 Å². The third kappa shape index (κ3) is 2.78. The number of nitrogens with zero attached hydrogens (tertiary/aromatic N) is 4. The lowest BCUT2D eigenvalue weighted by Gasteiger charge is -2.25. The fourth-order valence-electron chi connectivity index (χ4n) is 2.73. The van der Waals surface area contributed by atoms with Gasteiger partial charge in [-0.3, -0.25) is 8.99 Å². The van der Waals surface area contributed by atoms with Crippen molar-refractivity contribution in [1.29, 1.82) is 0 Å². The fourth-order valence-corrected chi connectivity index (χ4v) is 4.21. The number of anilines is 2. The average Bonchev–Trinajstić information content (AvgIpc) is 2.95. The van der Waals surface area contributed by atoms with Gasteiger partial charge in [0.1, 0.15) is 10.7 Å². The number of aryl methyl sites for hydroxylation is 1. The summed E-state index contributed by atoms with van der Waals surface area (Å²) < 4.78 is 42.5. The quantitative estimate of drug-likeness (QED) is 0.860. The number of rotatable bonds is 3. The normalized spacial score (nSPS) is 15.4. The molecule has 2 heterocycles. The first-order valence-electron chi connectivity index (χ1n) is 7.49. The van der Waals surface area contributed by atoms with Gasteiger partial charge < -0.3 is 4.90 Å². The number of benzene rings is 1. The summed E-state index contributed by atoms with van der Waals surface area (Å²) in [6.45, 7) is 3.50. The Morgan fingerprint density at radius 1 is 1.26 bits per heavy atom. The highest BCUT2D eigenvalue weighted by Crippen LogP contribution is 2.35. The molecule has 3 rings (SSSR count). The molecule has 0 amide bonds. The summed E-state index contributed by atoms with van der Waals surface area (Å²) in [7, 11) is -1.89. The zero-order valence-electron chi connectivity index (χ0n) is 13.1. The van der Waals surface area contributed by atoms with Gasteiger partial charge in [-0.25, -0.2) is 12.8 Å². The lowest BCUT2D eigenvalue weighted by Crippen LogP contribution is -2.31. The molecule has 124 valence electrons. The molecule has 8 heteroatoms. The molecule has 0 radical (unpaired) electrons. The Kier molecular flexibility index (Phi) is 4.01. The summed E-state index contributed by atoms with van der Waals surface area (Å²) in [6, 6.07) is 4.18. The first-order chi connectivity index (χ1) is 10.9. The minimum absolute atomic E-state index is 0.152. The topological polar surface area (TPSA) is 58.4 Å². The minimum Gasteiger partial charge on any atom is -0.373 e. The maximum atomic E-state index is 13.6. The molecule has 2 aromatic rings. The Morgan fingerprint density at radius 3 is 2.74 bits per heavy atom. The van der Waals surface area contributed by atoms with Crippen molar-refractivity contribution in [1.82, 2.24) is 9.78 Å². The van der Waals surface area contributed by atoms with Crippen LogP contribution in [0.15, 0.2) is 35.5 Å². The first-order valence-corrected chi connectivity index (χ1v) is 8.93. The van der Waals surface area contributed by atoms with Gasteiger partial charge in [0.05, 0.1) is 17.6 Å². The van der Waals surface area contributed by atoms with E-state index in [0.717, 1.165) is 0 Å². The molecule has 6 nitrogen and oxygen atoms in total. The van der Waals surface area contributed by atoms with E-state index in [1.165, 1.54) is 34.9 Å². The second-order valence-corrected chi connectivity index (χ2v) is 7.38. The van der Waals surface area contributed by atoms with Crippen LogP contribution in [0, 0.1) is 5.82 Å². The molecule has 0 saturated carbocycles. The molecule has 0 N–H and O–H groups in total. The highest BCUT2D eigenvalue weighted by Gasteiger charge is 2.30. The predicted octanol–water partition coefficient (Wildman–Crippen LogP) is 2.08. The van der Waals surface area contributed by atoms with Gasteiger partial charge in [-0.15, -0.1) is 0 Å². The highest BCUT2D eigenvalue weighted by molar-refractivity contribution is 7.92. The van der Waals surface area contributed by atoms with Gasteiger partial charge in [0.2, 0.25) is 0 Å². The zero-order valence-corrected chi connectivity index (χ0v) is 13.9. The minimum atomic E-state index is -3.72. The van der Waals surface area contributed by atoms with Crippen LogP contribution in [0.25, 0.3) is 0 Å². The third-order valence-corrected chi connectivity index (χ3v) is 5.76. The molecule has 0 unspecified atom stereocenters. The van der Waals surface area contributed by atoms with Crippen LogP contribution in [0.4, 0.5) is 15.8 Å². The van der Waals surface area contributed by atoms with Crippen molar-refractivity contribution >= 4 is 21.4 Å². The van der Waals surface area contributed by atoms with Crippen LogP contribution < -0.4 is 9.21 Å². The molecule has 1 aliphatic heterocycles. The van der Waals surface area contributed by atoms with Crippen molar-refractivity contribution in [2.45, 2.75) is 24.8 Å². The van der Waals surface area contributed by atoms with Gasteiger partial charge in [-0.1, -0.05) is 0 Å². The maximum Gasteiger partial charge on any atom is 0.267 e. The van der Waals surface area contributed by atoms with Crippen LogP contribution in [-0.2, 0) is 16.6 Å². The Hall–Kier alpha value is -2.09. The zero-order chi connectivity index (χ0) is 16.6. The highest BCUT2D eigenvalue weighted by atomic mass is 32.2. The monoisotopic (exact) mass is 338 g/mol. The predicted molar refractivity (Wildman–Crippen MR) is 86.7 cm³/mol. The van der Waals surface area contributed by atoms with Crippen molar-refractivity contribution in [3.05, 3.63) is 36.4 Å². The van der Waals surface area contributed by atoms with Crippen LogP contribution in [0.2, 0.25) is 0 Å². The van der Waals surface area contributed by atoms with Crippen molar-refractivity contribution in [2.24, 2.45) is 0 Å². The lowest BCUT2D eigenvalue weighted by atomic mass is 10.2. The second-order valence-electron chi connectivity index (χ2n) is 5.52. The van der Waals surface area contributed by atoms with Crippen molar-refractivity contribution in [3.63, 3.8) is 0 Å². The van der Waals surface area contributed by atoms with Crippen molar-refractivity contribution in [3.8, 4) is 0 Å². The Morgan fingerprint density at radius 2 is 2.04 bits per heavy atom. The van der Waals surface area contributed by atoms with E-state index < -0.39 is 10.0 Å². The van der Waals surface area contributed by atoms with Gasteiger partial charge in [0, 0.05) is 32.9 Å². The van der Waals surface area contributed by atoms with Crippen LogP contribution >= 0.6 is 0 Å². The summed E-state index contributed by atoms with van der Waals surface area (Å²) >= 11 is 0. The van der Waals surface area contributed by atoms with Gasteiger partial charge in [0.25, 0.3) is 10.0 Å². The summed E-state index contributed by atoms with van der Waals surface area (Å²) in [5.74, 6) is -0.381. The number of sulfonamides is 1. The van der Waals surface area contributed by atoms with Gasteiger partial charge in [0.15, 0.2) is 0 Å². The Bertz CT molecular complexity index is 819. The smallest absolute Gasteiger partial charge is 0.267 e. The van der Waals surface area contributed by atoms with E-state index in [4.69, 9.17) is 0 Å². The Labute approximate surface area is 135 Å². The molecule has 0 fully saturated rings. The molecule has 1 aliphatic rings. The average molecular weight is 338 g/mol. The molecule has 0 bridgehead atoms. The molecule has 1 aromatic carbocycles. The SMILES string of the molecule is CCn1cc(S(=O)(=O)N2CCCN(C)c3cc(F)ccc32)cn1. The molecular weight excluding hydrogens is 319 g/mol. The van der Waals surface area contributed by atoms with Gasteiger partial charge in [-0.2, -0.15) is 5.10 Å². The van der Waals surface area contributed by atoms with E-state index in [1.54, 1.807) is 4.68 Å². The van der Waals surface area contributed by atoms with E-state index in [0.29, 0.717) is 37.4 Å². The maximum absolute atomic E-state index is 13.6. The van der Waals surface area contributed by atoms with Gasteiger partial charge >= 0.3 is 0 Å². The summed E-state index contributed by atoms with van der Waals surface area (Å²) in [6.07, 6.45) is 3.54. The summed E-state index contributed by atoms with van der Waals surface area (Å²) in [4.78, 5) is 2.03. The number of halogens is 1. The number of hydrogen-bond donors (Lipinski definition) is 0. The first kappa shape index (κ1) is 15.8. The number of aromatic nitrogens is 2. The van der Waals surface area contributed by atoms with E-state index in [1.807, 2.05) is 18.9 Å². The largest absolute Gasteiger partial charge is 0.373 e. The summed E-state index contributed by atoms with van der Waals surface area (Å²) in [5.41, 5.74) is 1.07. The molecule has 0 spiro atoms. The van der Waals surface area contributed by atoms with Gasteiger partial charge in [-0.05, 0) is 31.5 Å². The molecule has 1 aromatic heterocycles. The lowest BCUT2D eigenvalue weighted by molar-refractivity contribution is 0.589. The second kappa shape index (κ2) is 5.84. The molecule has 0 saturated heterocycles. The number of hydrogen-bond acceptors (Lipinski definition) is 4.